The number of amides is 1. The van der Waals surface area contributed by atoms with Crippen LogP contribution in [0.1, 0.15) is 30.3 Å². The molecule has 1 aliphatic rings. The molecule has 1 aromatic carbocycles. The van der Waals surface area contributed by atoms with E-state index < -0.39 is 0 Å². The summed E-state index contributed by atoms with van der Waals surface area (Å²) in [6.45, 7) is 2.44. The van der Waals surface area contributed by atoms with Crippen LogP contribution in [0, 0.1) is 5.92 Å². The average Bonchev–Trinajstić information content (AvgIpc) is 3.32. The minimum atomic E-state index is -0.346. The molecule has 1 amide bonds. The molecule has 0 spiro atoms. The number of ether oxygens (including phenoxy) is 1. The van der Waals surface area contributed by atoms with Crippen molar-refractivity contribution in [1.29, 1.82) is 0 Å². The third-order valence-electron chi connectivity index (χ3n) is 4.46. The van der Waals surface area contributed by atoms with Crippen LogP contribution in [0.3, 0.4) is 0 Å². The zero-order valence-electron chi connectivity index (χ0n) is 13.5. The molecule has 0 radical (unpaired) electrons. The zero-order chi connectivity index (χ0) is 16.4. The van der Waals surface area contributed by atoms with E-state index in [9.17, 15) is 4.79 Å². The second-order valence-corrected chi connectivity index (χ2v) is 6.19. The van der Waals surface area contributed by atoms with Crippen molar-refractivity contribution >= 4 is 5.91 Å². The minimum Gasteiger partial charge on any atom is -0.497 e. The number of carbonyl (C=O) groups excluding carboxylic acids is 1. The van der Waals surface area contributed by atoms with Crippen LogP contribution in [-0.4, -0.2) is 34.9 Å². The number of hydrogen-bond donors (Lipinski definition) is 2. The van der Waals surface area contributed by atoms with E-state index in [-0.39, 0.29) is 11.4 Å². The molecule has 1 fully saturated rings. The monoisotopic (exact) mass is 314 g/mol. The van der Waals surface area contributed by atoms with E-state index in [4.69, 9.17) is 10.5 Å². The fourth-order valence-electron chi connectivity index (χ4n) is 2.69. The smallest absolute Gasteiger partial charge is 0.272 e. The van der Waals surface area contributed by atoms with Crippen LogP contribution < -0.4 is 15.8 Å². The first-order chi connectivity index (χ1) is 11.1. The number of benzene rings is 1. The summed E-state index contributed by atoms with van der Waals surface area (Å²) >= 11 is 0. The van der Waals surface area contributed by atoms with Gasteiger partial charge in [-0.2, -0.15) is 5.10 Å². The Hall–Kier alpha value is -2.34. The lowest BCUT2D eigenvalue weighted by Gasteiger charge is -2.29. The summed E-state index contributed by atoms with van der Waals surface area (Å²) in [7, 11) is 1.62. The van der Waals surface area contributed by atoms with E-state index in [2.05, 4.69) is 10.4 Å². The summed E-state index contributed by atoms with van der Waals surface area (Å²) in [5.41, 5.74) is 6.76. The summed E-state index contributed by atoms with van der Waals surface area (Å²) in [6, 6.07) is 9.21. The van der Waals surface area contributed by atoms with Gasteiger partial charge in [-0.3, -0.25) is 4.79 Å². The lowest BCUT2D eigenvalue weighted by atomic mass is 9.96. The number of nitrogens with one attached hydrogen (secondary N) is 1. The van der Waals surface area contributed by atoms with E-state index >= 15 is 0 Å². The Morgan fingerprint density at radius 3 is 2.65 bits per heavy atom. The first-order valence-electron chi connectivity index (χ1n) is 7.78. The van der Waals surface area contributed by atoms with Gasteiger partial charge in [0.25, 0.3) is 5.91 Å². The number of rotatable bonds is 6. The van der Waals surface area contributed by atoms with Crippen molar-refractivity contribution in [2.24, 2.45) is 11.7 Å². The van der Waals surface area contributed by atoms with E-state index in [0.717, 1.165) is 24.3 Å². The fraction of sp³-hybridized carbons (Fsp3) is 0.412. The lowest BCUT2D eigenvalue weighted by molar-refractivity contribution is 0.0892. The number of nitrogens with two attached hydrogens (primary N) is 1. The van der Waals surface area contributed by atoms with Crippen LogP contribution in [-0.2, 0) is 0 Å². The van der Waals surface area contributed by atoms with Crippen LogP contribution in [0.4, 0.5) is 0 Å². The topological polar surface area (TPSA) is 82.2 Å². The van der Waals surface area contributed by atoms with Gasteiger partial charge in [-0.05, 0) is 56.0 Å². The van der Waals surface area contributed by atoms with Crippen molar-refractivity contribution in [2.45, 2.75) is 25.3 Å². The Kier molecular flexibility index (Phi) is 4.09. The lowest BCUT2D eigenvalue weighted by Crippen LogP contribution is -2.53. The summed E-state index contributed by atoms with van der Waals surface area (Å²) in [4.78, 5) is 12.4. The molecule has 1 aromatic heterocycles. The predicted octanol–water partition coefficient (Wildman–Crippen LogP) is 1.74. The highest BCUT2D eigenvalue weighted by molar-refractivity contribution is 5.92. The molecule has 1 unspecified atom stereocenters. The molecular weight excluding hydrogens is 292 g/mol. The Bertz CT molecular complexity index is 691. The Labute approximate surface area is 135 Å². The molecule has 1 saturated carbocycles. The molecule has 1 atom stereocenters. The maximum Gasteiger partial charge on any atom is 0.272 e. The van der Waals surface area contributed by atoms with E-state index in [1.807, 2.05) is 31.2 Å². The second kappa shape index (κ2) is 6.04. The van der Waals surface area contributed by atoms with Crippen LogP contribution in [0.25, 0.3) is 5.69 Å². The van der Waals surface area contributed by atoms with Gasteiger partial charge in [-0.25, -0.2) is 4.68 Å². The number of aromatic nitrogens is 2. The highest BCUT2D eigenvalue weighted by Crippen LogP contribution is 2.39. The highest BCUT2D eigenvalue weighted by atomic mass is 16.5. The molecule has 23 heavy (non-hydrogen) atoms. The normalized spacial score (nSPS) is 16.7. The maximum atomic E-state index is 12.4. The van der Waals surface area contributed by atoms with E-state index in [1.165, 1.54) is 0 Å². The Morgan fingerprint density at radius 2 is 2.09 bits per heavy atom. The summed E-state index contributed by atoms with van der Waals surface area (Å²) in [6.07, 6.45) is 4.01. The van der Waals surface area contributed by atoms with E-state index in [1.54, 1.807) is 24.1 Å². The molecular formula is C17H22N4O2. The van der Waals surface area contributed by atoms with Gasteiger partial charge in [-0.1, -0.05) is 0 Å². The van der Waals surface area contributed by atoms with Gasteiger partial charge in [0.2, 0.25) is 0 Å². The molecule has 6 heteroatoms. The number of methoxy groups -OCH3 is 1. The van der Waals surface area contributed by atoms with Crippen molar-refractivity contribution in [1.82, 2.24) is 15.1 Å². The van der Waals surface area contributed by atoms with Crippen LogP contribution in [0.15, 0.2) is 36.5 Å². The quantitative estimate of drug-likeness (QED) is 0.851. The Balaban J connectivity index is 1.74. The fourth-order valence-corrected chi connectivity index (χ4v) is 2.69. The minimum absolute atomic E-state index is 0.183. The van der Waals surface area contributed by atoms with Gasteiger partial charge < -0.3 is 15.8 Å². The predicted molar refractivity (Wildman–Crippen MR) is 87.8 cm³/mol. The van der Waals surface area contributed by atoms with Gasteiger partial charge in [0, 0.05) is 12.7 Å². The molecule has 6 nitrogen and oxygen atoms in total. The van der Waals surface area contributed by atoms with Crippen LogP contribution >= 0.6 is 0 Å². The van der Waals surface area contributed by atoms with Gasteiger partial charge in [-0.15, -0.1) is 0 Å². The van der Waals surface area contributed by atoms with Gasteiger partial charge in [0.15, 0.2) is 5.69 Å². The molecule has 0 saturated heterocycles. The molecule has 0 aliphatic heterocycles. The summed E-state index contributed by atoms with van der Waals surface area (Å²) < 4.78 is 6.81. The zero-order valence-corrected chi connectivity index (χ0v) is 13.5. The van der Waals surface area contributed by atoms with Gasteiger partial charge in [0.05, 0.1) is 18.3 Å². The molecule has 122 valence electrons. The summed E-state index contributed by atoms with van der Waals surface area (Å²) in [5, 5.41) is 7.40. The summed E-state index contributed by atoms with van der Waals surface area (Å²) in [5.74, 6) is 1.07. The van der Waals surface area contributed by atoms with Crippen molar-refractivity contribution in [3.05, 3.63) is 42.2 Å². The highest BCUT2D eigenvalue weighted by Gasteiger charge is 2.41. The molecule has 1 heterocycles. The van der Waals surface area contributed by atoms with Gasteiger partial charge >= 0.3 is 0 Å². The number of carbonyl (C=O) groups is 1. The first kappa shape index (κ1) is 15.6. The SMILES string of the molecule is COc1ccc(-n2ccc(C(=O)NC(C)(CN)C3CC3)n2)cc1. The molecule has 3 N–H and O–H groups in total. The molecule has 2 aromatic rings. The van der Waals surface area contributed by atoms with Crippen LogP contribution in [0.5, 0.6) is 5.75 Å². The first-order valence-corrected chi connectivity index (χ1v) is 7.78. The Morgan fingerprint density at radius 1 is 1.39 bits per heavy atom. The van der Waals surface area contributed by atoms with Crippen LogP contribution in [0.2, 0.25) is 0 Å². The van der Waals surface area contributed by atoms with Crippen molar-refractivity contribution in [3.63, 3.8) is 0 Å². The van der Waals surface area contributed by atoms with Crippen molar-refractivity contribution in [2.75, 3.05) is 13.7 Å². The van der Waals surface area contributed by atoms with E-state index in [0.29, 0.717) is 18.2 Å². The third kappa shape index (κ3) is 3.22. The van der Waals surface area contributed by atoms with Crippen molar-refractivity contribution < 1.29 is 9.53 Å². The molecule has 3 rings (SSSR count). The number of hydrogen-bond acceptors (Lipinski definition) is 4. The number of nitrogens with zero attached hydrogens (tertiary/aromatic N) is 2. The van der Waals surface area contributed by atoms with Gasteiger partial charge in [0.1, 0.15) is 5.75 Å². The third-order valence-corrected chi connectivity index (χ3v) is 4.46. The van der Waals surface area contributed by atoms with Crippen molar-refractivity contribution in [3.8, 4) is 11.4 Å². The average molecular weight is 314 g/mol. The second-order valence-electron chi connectivity index (χ2n) is 6.19. The largest absolute Gasteiger partial charge is 0.497 e. The molecule has 0 bridgehead atoms. The maximum absolute atomic E-state index is 12.4. The standard InChI is InChI=1S/C17H22N4O2/c1-17(11-18,12-3-4-12)19-16(22)15-9-10-21(20-15)13-5-7-14(23-2)8-6-13/h5-10,12H,3-4,11,18H2,1-2H3,(H,19,22). The molecule has 1 aliphatic carbocycles.